The lowest BCUT2D eigenvalue weighted by Crippen LogP contribution is -2.39. The van der Waals surface area contributed by atoms with Gasteiger partial charge in [-0.05, 0) is 32.6 Å². The first-order chi connectivity index (χ1) is 13.5. The molecule has 8 heteroatoms. The molecule has 0 aromatic carbocycles. The summed E-state index contributed by atoms with van der Waals surface area (Å²) in [5.74, 6) is 1.22. The Balaban J connectivity index is 1.44. The Morgan fingerprint density at radius 1 is 1.18 bits per heavy atom. The number of hydrogen-bond donors (Lipinski definition) is 1. The van der Waals surface area contributed by atoms with Crippen LogP contribution in [0.15, 0.2) is 18.6 Å². The molecule has 3 heterocycles. The Labute approximate surface area is 164 Å². The van der Waals surface area contributed by atoms with Crippen LogP contribution in [0.2, 0.25) is 0 Å². The third-order valence-electron chi connectivity index (χ3n) is 5.51. The summed E-state index contributed by atoms with van der Waals surface area (Å²) in [7, 11) is 1.84. The first-order valence-corrected chi connectivity index (χ1v) is 9.89. The van der Waals surface area contributed by atoms with Crippen LogP contribution in [0.4, 0.5) is 0 Å². The Hall–Kier alpha value is -2.77. The SMILES string of the molecule is Cc1ncc(C(=O)NCc2cnn(C)c2)c(C2CCN(C(=O)C3CC3)CC2)n1. The third kappa shape index (κ3) is 4.05. The third-order valence-corrected chi connectivity index (χ3v) is 5.51. The number of carbonyl (C=O) groups excluding carboxylic acids is 2. The molecule has 1 N–H and O–H groups in total. The Morgan fingerprint density at radius 3 is 2.57 bits per heavy atom. The first kappa shape index (κ1) is 18.6. The molecule has 148 valence electrons. The van der Waals surface area contributed by atoms with E-state index in [-0.39, 0.29) is 17.7 Å². The number of hydrogen-bond acceptors (Lipinski definition) is 5. The van der Waals surface area contributed by atoms with Crippen molar-refractivity contribution in [3.63, 3.8) is 0 Å². The Kier molecular flexibility index (Phi) is 5.11. The number of carbonyl (C=O) groups is 2. The molecule has 2 fully saturated rings. The largest absolute Gasteiger partial charge is 0.348 e. The van der Waals surface area contributed by atoms with Crippen molar-refractivity contribution in [3.05, 3.63) is 41.2 Å². The molecule has 1 aliphatic heterocycles. The first-order valence-electron chi connectivity index (χ1n) is 9.89. The van der Waals surface area contributed by atoms with Crippen LogP contribution in [0.3, 0.4) is 0 Å². The summed E-state index contributed by atoms with van der Waals surface area (Å²) in [4.78, 5) is 35.9. The van der Waals surface area contributed by atoms with E-state index < -0.39 is 0 Å². The molecule has 0 bridgehead atoms. The topological polar surface area (TPSA) is 93.0 Å². The molecule has 2 aromatic rings. The number of rotatable bonds is 5. The van der Waals surface area contributed by atoms with E-state index in [2.05, 4.69) is 20.4 Å². The molecule has 0 radical (unpaired) electrons. The quantitative estimate of drug-likeness (QED) is 0.847. The minimum absolute atomic E-state index is 0.170. The van der Waals surface area contributed by atoms with Gasteiger partial charge in [0.05, 0.1) is 17.5 Å². The molecule has 1 saturated heterocycles. The molecular weight excluding hydrogens is 356 g/mol. The van der Waals surface area contributed by atoms with Crippen LogP contribution in [0, 0.1) is 12.8 Å². The highest BCUT2D eigenvalue weighted by Gasteiger charge is 2.36. The summed E-state index contributed by atoms with van der Waals surface area (Å²) in [6.45, 7) is 3.72. The van der Waals surface area contributed by atoms with Crippen molar-refractivity contribution in [2.75, 3.05) is 13.1 Å². The highest BCUT2D eigenvalue weighted by molar-refractivity contribution is 5.95. The fraction of sp³-hybridized carbons (Fsp3) is 0.550. The van der Waals surface area contributed by atoms with E-state index in [1.165, 1.54) is 0 Å². The van der Waals surface area contributed by atoms with E-state index in [9.17, 15) is 9.59 Å². The van der Waals surface area contributed by atoms with Gasteiger partial charge in [-0.1, -0.05) is 0 Å². The lowest BCUT2D eigenvalue weighted by atomic mass is 9.90. The van der Waals surface area contributed by atoms with Crippen LogP contribution in [-0.4, -0.2) is 49.6 Å². The maximum Gasteiger partial charge on any atom is 0.254 e. The fourth-order valence-electron chi connectivity index (χ4n) is 3.78. The molecule has 2 aromatic heterocycles. The predicted molar refractivity (Wildman–Crippen MR) is 102 cm³/mol. The number of piperidine rings is 1. The van der Waals surface area contributed by atoms with Gasteiger partial charge in [0.15, 0.2) is 0 Å². The minimum atomic E-state index is -0.171. The maximum absolute atomic E-state index is 12.8. The Bertz CT molecular complexity index is 881. The zero-order valence-electron chi connectivity index (χ0n) is 16.4. The van der Waals surface area contributed by atoms with Crippen molar-refractivity contribution >= 4 is 11.8 Å². The van der Waals surface area contributed by atoms with Crippen LogP contribution in [-0.2, 0) is 18.4 Å². The maximum atomic E-state index is 12.8. The van der Waals surface area contributed by atoms with Gasteiger partial charge in [0.1, 0.15) is 5.82 Å². The molecule has 2 aliphatic rings. The fourth-order valence-corrected chi connectivity index (χ4v) is 3.78. The Morgan fingerprint density at radius 2 is 1.93 bits per heavy atom. The monoisotopic (exact) mass is 382 g/mol. The van der Waals surface area contributed by atoms with Crippen LogP contribution >= 0.6 is 0 Å². The molecular formula is C20H26N6O2. The van der Waals surface area contributed by atoms with Crippen molar-refractivity contribution < 1.29 is 9.59 Å². The summed E-state index contributed by atoms with van der Waals surface area (Å²) in [5, 5.41) is 7.06. The molecule has 8 nitrogen and oxygen atoms in total. The summed E-state index contributed by atoms with van der Waals surface area (Å²) in [6, 6.07) is 0. The van der Waals surface area contributed by atoms with E-state index in [0.29, 0.717) is 23.8 Å². The van der Waals surface area contributed by atoms with Crippen molar-refractivity contribution in [2.45, 2.75) is 45.1 Å². The number of aromatic nitrogens is 4. The molecule has 2 amide bonds. The van der Waals surface area contributed by atoms with Crippen molar-refractivity contribution in [1.29, 1.82) is 0 Å². The molecule has 0 spiro atoms. The predicted octanol–water partition coefficient (Wildman–Crippen LogP) is 1.56. The van der Waals surface area contributed by atoms with Crippen molar-refractivity contribution in [1.82, 2.24) is 30.0 Å². The number of aryl methyl sites for hydroxylation is 2. The lowest BCUT2D eigenvalue weighted by molar-refractivity contribution is -0.133. The van der Waals surface area contributed by atoms with Gasteiger partial charge in [-0.3, -0.25) is 14.3 Å². The van der Waals surface area contributed by atoms with Crippen LogP contribution in [0.1, 0.15) is 59.0 Å². The summed E-state index contributed by atoms with van der Waals surface area (Å²) < 4.78 is 1.71. The molecule has 28 heavy (non-hydrogen) atoms. The second kappa shape index (κ2) is 7.69. The average molecular weight is 382 g/mol. The second-order valence-corrected chi connectivity index (χ2v) is 7.79. The number of nitrogens with zero attached hydrogens (tertiary/aromatic N) is 5. The summed E-state index contributed by atoms with van der Waals surface area (Å²) in [5.41, 5.74) is 2.27. The molecule has 0 atom stereocenters. The molecule has 1 saturated carbocycles. The van der Waals surface area contributed by atoms with Gasteiger partial charge in [0, 0.05) is 56.5 Å². The molecule has 0 unspecified atom stereocenters. The zero-order valence-corrected chi connectivity index (χ0v) is 16.4. The van der Waals surface area contributed by atoms with Crippen molar-refractivity contribution in [3.8, 4) is 0 Å². The number of nitrogens with one attached hydrogen (secondary N) is 1. The second-order valence-electron chi connectivity index (χ2n) is 7.79. The van der Waals surface area contributed by atoms with E-state index >= 15 is 0 Å². The zero-order chi connectivity index (χ0) is 19.7. The lowest BCUT2D eigenvalue weighted by Gasteiger charge is -2.32. The smallest absolute Gasteiger partial charge is 0.254 e. The van der Waals surface area contributed by atoms with Gasteiger partial charge in [-0.2, -0.15) is 5.10 Å². The van der Waals surface area contributed by atoms with E-state index in [1.807, 2.05) is 25.1 Å². The van der Waals surface area contributed by atoms with Gasteiger partial charge < -0.3 is 10.2 Å². The van der Waals surface area contributed by atoms with Crippen LogP contribution in [0.25, 0.3) is 0 Å². The highest BCUT2D eigenvalue weighted by atomic mass is 16.2. The standard InChI is InChI=1S/C20H26N6O2/c1-13-21-11-17(19(27)22-9-14-10-23-25(2)12-14)18(24-13)15-5-7-26(8-6-15)20(28)16-3-4-16/h10-12,15-16H,3-9H2,1-2H3,(H,22,27). The van der Waals surface area contributed by atoms with Gasteiger partial charge in [0.2, 0.25) is 5.91 Å². The number of likely N-dealkylation sites (tertiary alicyclic amines) is 1. The van der Waals surface area contributed by atoms with Gasteiger partial charge in [-0.25, -0.2) is 9.97 Å². The van der Waals surface area contributed by atoms with Crippen molar-refractivity contribution in [2.24, 2.45) is 13.0 Å². The van der Waals surface area contributed by atoms with E-state index in [1.54, 1.807) is 17.1 Å². The molecule has 4 rings (SSSR count). The average Bonchev–Trinajstić information content (AvgIpc) is 3.47. The van der Waals surface area contributed by atoms with Gasteiger partial charge in [0.25, 0.3) is 5.91 Å². The van der Waals surface area contributed by atoms with Gasteiger partial charge >= 0.3 is 0 Å². The summed E-state index contributed by atoms with van der Waals surface area (Å²) >= 11 is 0. The minimum Gasteiger partial charge on any atom is -0.348 e. The van der Waals surface area contributed by atoms with E-state index in [0.717, 1.165) is 50.0 Å². The van der Waals surface area contributed by atoms with Crippen LogP contribution in [0.5, 0.6) is 0 Å². The number of amides is 2. The highest BCUT2D eigenvalue weighted by Crippen LogP contribution is 2.34. The van der Waals surface area contributed by atoms with Crippen LogP contribution < -0.4 is 5.32 Å². The van der Waals surface area contributed by atoms with Gasteiger partial charge in [-0.15, -0.1) is 0 Å². The summed E-state index contributed by atoms with van der Waals surface area (Å²) in [6.07, 6.45) is 8.96. The molecule has 1 aliphatic carbocycles. The van der Waals surface area contributed by atoms with E-state index in [4.69, 9.17) is 0 Å². The normalized spacial score (nSPS) is 17.6.